The zero-order valence-corrected chi connectivity index (χ0v) is 9.11. The smallest absolute Gasteiger partial charge is 0.407 e. The molecule has 0 aliphatic rings. The highest BCUT2D eigenvalue weighted by Crippen LogP contribution is 1.92. The molecule has 4 heteroatoms. The van der Waals surface area contributed by atoms with E-state index in [0.29, 0.717) is 13.2 Å². The number of thiol groups is 1. The first-order valence-electron chi connectivity index (χ1n) is 4.82. The summed E-state index contributed by atoms with van der Waals surface area (Å²) in [6, 6.07) is 0. The van der Waals surface area contributed by atoms with Crippen molar-refractivity contribution >= 4 is 18.7 Å². The Morgan fingerprint density at radius 1 is 1.38 bits per heavy atom. The minimum absolute atomic E-state index is 0.299. The molecule has 0 aliphatic carbocycles. The van der Waals surface area contributed by atoms with Gasteiger partial charge in [-0.2, -0.15) is 12.6 Å². The molecule has 1 amide bonds. The second kappa shape index (κ2) is 9.71. The molecule has 0 radical (unpaired) electrons. The van der Waals surface area contributed by atoms with Crippen LogP contribution in [0.2, 0.25) is 0 Å². The second-order valence-corrected chi connectivity index (χ2v) is 3.29. The van der Waals surface area contributed by atoms with Crippen LogP contribution in [-0.4, -0.2) is 25.0 Å². The Balaban J connectivity index is 3.11. The van der Waals surface area contributed by atoms with Gasteiger partial charge in [-0.1, -0.05) is 13.3 Å². The van der Waals surface area contributed by atoms with E-state index in [4.69, 9.17) is 4.74 Å². The summed E-state index contributed by atoms with van der Waals surface area (Å²) in [5.41, 5.74) is 0. The van der Waals surface area contributed by atoms with E-state index in [-0.39, 0.29) is 6.09 Å². The van der Waals surface area contributed by atoms with Crippen LogP contribution in [0.5, 0.6) is 0 Å². The topological polar surface area (TPSA) is 38.3 Å². The van der Waals surface area contributed by atoms with Gasteiger partial charge in [0.2, 0.25) is 0 Å². The molecule has 0 aromatic carbocycles. The van der Waals surface area contributed by atoms with Crippen molar-refractivity contribution in [3.63, 3.8) is 0 Å². The van der Waals surface area contributed by atoms with E-state index in [1.807, 2.05) is 0 Å². The molecular formula is C9H19NO2S. The summed E-state index contributed by atoms with van der Waals surface area (Å²) in [6.07, 6.45) is 3.68. The van der Waals surface area contributed by atoms with Crippen molar-refractivity contribution in [3.8, 4) is 0 Å². The molecule has 13 heavy (non-hydrogen) atoms. The SMILES string of the molecule is CCCCNC(=O)OCCCCS. The van der Waals surface area contributed by atoms with Crippen molar-refractivity contribution in [1.29, 1.82) is 0 Å². The first kappa shape index (κ1) is 12.6. The number of carbonyl (C=O) groups excluding carboxylic acids is 1. The number of hydrogen-bond acceptors (Lipinski definition) is 3. The first-order chi connectivity index (χ1) is 6.31. The Morgan fingerprint density at radius 2 is 2.15 bits per heavy atom. The highest BCUT2D eigenvalue weighted by atomic mass is 32.1. The lowest BCUT2D eigenvalue weighted by Gasteiger charge is -2.05. The number of unbranched alkanes of at least 4 members (excludes halogenated alkanes) is 2. The van der Waals surface area contributed by atoms with Gasteiger partial charge in [0.15, 0.2) is 0 Å². The van der Waals surface area contributed by atoms with Crippen molar-refractivity contribution < 1.29 is 9.53 Å². The number of hydrogen-bond donors (Lipinski definition) is 2. The van der Waals surface area contributed by atoms with Gasteiger partial charge in [-0.15, -0.1) is 0 Å². The number of carbonyl (C=O) groups is 1. The third-order valence-electron chi connectivity index (χ3n) is 1.59. The number of ether oxygens (including phenoxy) is 1. The third-order valence-corrected chi connectivity index (χ3v) is 1.90. The molecule has 0 atom stereocenters. The second-order valence-electron chi connectivity index (χ2n) is 2.85. The molecule has 0 fully saturated rings. The van der Waals surface area contributed by atoms with Crippen LogP contribution in [0, 0.1) is 0 Å². The zero-order chi connectivity index (χ0) is 9.94. The van der Waals surface area contributed by atoms with E-state index in [1.165, 1.54) is 0 Å². The molecule has 1 N–H and O–H groups in total. The minimum atomic E-state index is -0.299. The standard InChI is InChI=1S/C9H19NO2S/c1-2-3-6-10-9(11)12-7-4-5-8-13/h13H,2-8H2,1H3,(H,10,11). The summed E-state index contributed by atoms with van der Waals surface area (Å²) in [5.74, 6) is 0.848. The van der Waals surface area contributed by atoms with Gasteiger partial charge in [-0.25, -0.2) is 4.79 Å². The van der Waals surface area contributed by atoms with Gasteiger partial charge in [0, 0.05) is 6.54 Å². The highest BCUT2D eigenvalue weighted by molar-refractivity contribution is 7.80. The Morgan fingerprint density at radius 3 is 2.77 bits per heavy atom. The van der Waals surface area contributed by atoms with E-state index in [1.54, 1.807) is 0 Å². The molecule has 0 unspecified atom stereocenters. The third kappa shape index (κ3) is 9.53. The largest absolute Gasteiger partial charge is 0.450 e. The van der Waals surface area contributed by atoms with E-state index < -0.39 is 0 Å². The molecule has 0 bridgehead atoms. The Bertz CT molecular complexity index is 131. The summed E-state index contributed by atoms with van der Waals surface area (Å²) in [7, 11) is 0. The average molecular weight is 205 g/mol. The van der Waals surface area contributed by atoms with Crippen molar-refractivity contribution in [2.24, 2.45) is 0 Å². The molecule has 0 spiro atoms. The molecule has 0 aromatic heterocycles. The van der Waals surface area contributed by atoms with Gasteiger partial charge in [-0.05, 0) is 25.0 Å². The fourth-order valence-electron chi connectivity index (χ4n) is 0.797. The van der Waals surface area contributed by atoms with Crippen LogP contribution in [-0.2, 0) is 4.74 Å². The van der Waals surface area contributed by atoms with E-state index in [0.717, 1.165) is 31.4 Å². The maximum absolute atomic E-state index is 10.9. The predicted octanol–water partition coefficient (Wildman–Crippen LogP) is 2.22. The molecule has 0 rings (SSSR count). The van der Waals surface area contributed by atoms with Crippen LogP contribution in [0.3, 0.4) is 0 Å². The predicted molar refractivity (Wildman–Crippen MR) is 57.3 cm³/mol. The van der Waals surface area contributed by atoms with Crippen LogP contribution >= 0.6 is 12.6 Å². The van der Waals surface area contributed by atoms with Gasteiger partial charge in [0.25, 0.3) is 0 Å². The first-order valence-corrected chi connectivity index (χ1v) is 5.46. The lowest BCUT2D eigenvalue weighted by atomic mass is 10.3. The maximum Gasteiger partial charge on any atom is 0.407 e. The molecule has 0 saturated carbocycles. The lowest BCUT2D eigenvalue weighted by Crippen LogP contribution is -2.25. The summed E-state index contributed by atoms with van der Waals surface area (Å²) < 4.78 is 4.91. The molecule has 78 valence electrons. The van der Waals surface area contributed by atoms with Crippen molar-refractivity contribution in [3.05, 3.63) is 0 Å². The van der Waals surface area contributed by atoms with Crippen LogP contribution in [0.4, 0.5) is 4.79 Å². The number of alkyl carbamates (subject to hydrolysis) is 1. The quantitative estimate of drug-likeness (QED) is 0.494. The normalized spacial score (nSPS) is 9.69. The van der Waals surface area contributed by atoms with Crippen molar-refractivity contribution in [2.45, 2.75) is 32.6 Å². The van der Waals surface area contributed by atoms with Crippen molar-refractivity contribution in [1.82, 2.24) is 5.32 Å². The fourth-order valence-corrected chi connectivity index (χ4v) is 1.02. The van der Waals surface area contributed by atoms with E-state index in [2.05, 4.69) is 24.9 Å². The number of nitrogens with one attached hydrogen (secondary N) is 1. The van der Waals surface area contributed by atoms with Gasteiger partial charge in [0.1, 0.15) is 0 Å². The minimum Gasteiger partial charge on any atom is -0.450 e. The van der Waals surface area contributed by atoms with Crippen molar-refractivity contribution in [2.75, 3.05) is 18.9 Å². The van der Waals surface area contributed by atoms with Crippen LogP contribution in [0.15, 0.2) is 0 Å². The van der Waals surface area contributed by atoms with Gasteiger partial charge < -0.3 is 10.1 Å². The van der Waals surface area contributed by atoms with E-state index in [9.17, 15) is 4.79 Å². The summed E-state index contributed by atoms with van der Waals surface area (Å²) in [4.78, 5) is 10.9. The van der Waals surface area contributed by atoms with Crippen LogP contribution in [0.25, 0.3) is 0 Å². The Labute approximate surface area is 85.6 Å². The summed E-state index contributed by atoms with van der Waals surface area (Å²) >= 11 is 4.06. The highest BCUT2D eigenvalue weighted by Gasteiger charge is 1.98. The monoisotopic (exact) mass is 205 g/mol. The zero-order valence-electron chi connectivity index (χ0n) is 8.21. The molecule has 0 saturated heterocycles. The molecule has 0 heterocycles. The summed E-state index contributed by atoms with van der Waals surface area (Å²) in [5, 5.41) is 2.68. The molecular weight excluding hydrogens is 186 g/mol. The Hall–Kier alpha value is -0.380. The van der Waals surface area contributed by atoms with Gasteiger partial charge in [0.05, 0.1) is 6.61 Å². The molecule has 0 aromatic rings. The molecule has 3 nitrogen and oxygen atoms in total. The van der Waals surface area contributed by atoms with Crippen LogP contribution in [0.1, 0.15) is 32.6 Å². The maximum atomic E-state index is 10.9. The number of rotatable bonds is 7. The van der Waals surface area contributed by atoms with Gasteiger partial charge >= 0.3 is 6.09 Å². The van der Waals surface area contributed by atoms with E-state index >= 15 is 0 Å². The Kier molecular flexibility index (Phi) is 9.42. The van der Waals surface area contributed by atoms with Gasteiger partial charge in [-0.3, -0.25) is 0 Å². The average Bonchev–Trinajstić information content (AvgIpc) is 2.13. The van der Waals surface area contributed by atoms with Crippen LogP contribution < -0.4 is 5.32 Å². The number of amides is 1. The fraction of sp³-hybridized carbons (Fsp3) is 0.889. The molecule has 0 aliphatic heterocycles. The summed E-state index contributed by atoms with van der Waals surface area (Å²) in [6.45, 7) is 3.29. The lowest BCUT2D eigenvalue weighted by molar-refractivity contribution is 0.144.